The molecule has 0 aromatic carbocycles. The predicted octanol–water partition coefficient (Wildman–Crippen LogP) is 2.44. The summed E-state index contributed by atoms with van der Waals surface area (Å²) in [4.78, 5) is 10.8. The van der Waals surface area contributed by atoms with Gasteiger partial charge >= 0.3 is 0 Å². The topological polar surface area (TPSA) is 50.4 Å². The van der Waals surface area contributed by atoms with E-state index in [1.165, 1.54) is 6.92 Å². The Morgan fingerprint density at radius 1 is 1.00 bits per heavy atom. The molecule has 0 aromatic heterocycles. The largest absolute Gasteiger partial charge is 0.380 e. The fourth-order valence-corrected chi connectivity index (χ4v) is 1.55. The van der Waals surface area contributed by atoms with Gasteiger partial charge in [0.2, 0.25) is 5.91 Å². The average molecular weight is 274 g/mol. The Morgan fingerprint density at radius 3 is 1.79 bits per heavy atom. The number of rotatable bonds is 8. The monoisotopic (exact) mass is 274 g/mol. The molecule has 0 aliphatic heterocycles. The third-order valence-corrected chi connectivity index (χ3v) is 2.46. The molecule has 0 aromatic rings. The van der Waals surface area contributed by atoms with Gasteiger partial charge in [0.1, 0.15) is 0 Å². The average Bonchev–Trinajstić information content (AvgIpc) is 2.28. The van der Waals surface area contributed by atoms with Gasteiger partial charge in [-0.25, -0.2) is 0 Å². The van der Waals surface area contributed by atoms with Crippen LogP contribution >= 0.6 is 0 Å². The van der Waals surface area contributed by atoms with E-state index in [0.717, 1.165) is 13.2 Å². The zero-order valence-corrected chi connectivity index (χ0v) is 14.1. The second-order valence-corrected chi connectivity index (χ2v) is 6.26. The molecule has 0 aliphatic carbocycles. The molecule has 0 rings (SSSR count). The van der Waals surface area contributed by atoms with Gasteiger partial charge in [0.25, 0.3) is 0 Å². The summed E-state index contributed by atoms with van der Waals surface area (Å²) in [5.41, 5.74) is 0.111. The first-order valence-electron chi connectivity index (χ1n) is 7.15. The molecule has 0 radical (unpaired) electrons. The van der Waals surface area contributed by atoms with E-state index < -0.39 is 0 Å². The van der Waals surface area contributed by atoms with Crippen LogP contribution in [0.25, 0.3) is 0 Å². The van der Waals surface area contributed by atoms with Crippen LogP contribution in [-0.4, -0.2) is 39.3 Å². The lowest BCUT2D eigenvalue weighted by Gasteiger charge is -2.29. The smallest absolute Gasteiger partial charge is 0.216 e. The van der Waals surface area contributed by atoms with Gasteiger partial charge in [-0.15, -0.1) is 0 Å². The zero-order valence-electron chi connectivity index (χ0n) is 14.1. The summed E-state index contributed by atoms with van der Waals surface area (Å²) in [6, 6.07) is 0. The molecule has 0 spiro atoms. The van der Waals surface area contributed by atoms with E-state index in [-0.39, 0.29) is 16.7 Å². The Balaban J connectivity index is 0. The third kappa shape index (κ3) is 13.6. The first-order chi connectivity index (χ1) is 8.68. The molecular formula is C15H34N2O2. The van der Waals surface area contributed by atoms with Crippen molar-refractivity contribution in [1.82, 2.24) is 10.6 Å². The van der Waals surface area contributed by atoms with E-state index in [1.807, 2.05) is 20.9 Å². The number of amides is 1. The van der Waals surface area contributed by atoms with Crippen LogP contribution in [0.3, 0.4) is 0 Å². The lowest BCUT2D eigenvalue weighted by molar-refractivity contribution is -0.119. The summed E-state index contributed by atoms with van der Waals surface area (Å²) in [6.45, 7) is 17.0. The Bertz CT molecular complexity index is 238. The van der Waals surface area contributed by atoms with Gasteiger partial charge in [0, 0.05) is 30.8 Å². The SMILES string of the molecule is CC.CNCC(C)(C)COCC(C)(C)CNC(C)=O. The van der Waals surface area contributed by atoms with Crippen LogP contribution in [0.15, 0.2) is 0 Å². The second-order valence-electron chi connectivity index (χ2n) is 6.26. The molecule has 0 fully saturated rings. The van der Waals surface area contributed by atoms with E-state index in [1.54, 1.807) is 0 Å². The maximum atomic E-state index is 10.8. The summed E-state index contributed by atoms with van der Waals surface area (Å²) in [5.74, 6) is 0.00795. The maximum Gasteiger partial charge on any atom is 0.216 e. The van der Waals surface area contributed by atoms with Crippen LogP contribution in [0.2, 0.25) is 0 Å². The molecule has 0 saturated heterocycles. The second kappa shape index (κ2) is 10.2. The molecule has 0 saturated carbocycles. The van der Waals surface area contributed by atoms with Gasteiger partial charge in [-0.3, -0.25) is 4.79 Å². The molecule has 1 amide bonds. The van der Waals surface area contributed by atoms with Crippen LogP contribution in [-0.2, 0) is 9.53 Å². The highest BCUT2D eigenvalue weighted by atomic mass is 16.5. The van der Waals surface area contributed by atoms with Gasteiger partial charge in [-0.05, 0) is 7.05 Å². The van der Waals surface area contributed by atoms with Gasteiger partial charge in [-0.2, -0.15) is 0 Å². The fraction of sp³-hybridized carbons (Fsp3) is 0.933. The number of carbonyl (C=O) groups is 1. The molecule has 116 valence electrons. The minimum absolute atomic E-state index is 0.00795. The highest BCUT2D eigenvalue weighted by Crippen LogP contribution is 2.18. The van der Waals surface area contributed by atoms with Crippen LogP contribution in [0.5, 0.6) is 0 Å². The van der Waals surface area contributed by atoms with Crippen molar-refractivity contribution < 1.29 is 9.53 Å². The number of ether oxygens (including phenoxy) is 1. The summed E-state index contributed by atoms with van der Waals surface area (Å²) in [5, 5.41) is 5.99. The quantitative estimate of drug-likeness (QED) is 0.715. The molecule has 0 heterocycles. The Kier molecular flexibility index (Phi) is 11.1. The van der Waals surface area contributed by atoms with Crippen molar-refractivity contribution in [3.05, 3.63) is 0 Å². The van der Waals surface area contributed by atoms with Crippen molar-refractivity contribution in [3.63, 3.8) is 0 Å². The molecular weight excluding hydrogens is 240 g/mol. The fourth-order valence-electron chi connectivity index (χ4n) is 1.55. The van der Waals surface area contributed by atoms with Gasteiger partial charge in [0.05, 0.1) is 13.2 Å². The van der Waals surface area contributed by atoms with Crippen molar-refractivity contribution >= 4 is 5.91 Å². The lowest BCUT2D eigenvalue weighted by atomic mass is 9.93. The Labute approximate surface area is 119 Å². The number of hydrogen-bond donors (Lipinski definition) is 2. The maximum absolute atomic E-state index is 10.8. The summed E-state index contributed by atoms with van der Waals surface area (Å²) >= 11 is 0. The summed E-state index contributed by atoms with van der Waals surface area (Å²) < 4.78 is 5.76. The first kappa shape index (κ1) is 20.7. The standard InChI is InChI=1S/C13H28N2O2.C2H6/c1-11(16)15-8-13(4,5)10-17-9-12(2,3)7-14-6;1-2/h14H,7-10H2,1-6H3,(H,15,16);1-2H3. The molecule has 19 heavy (non-hydrogen) atoms. The number of carbonyl (C=O) groups excluding carboxylic acids is 1. The molecule has 4 heteroatoms. The van der Waals surface area contributed by atoms with Crippen LogP contribution in [0.4, 0.5) is 0 Å². The van der Waals surface area contributed by atoms with Crippen molar-refractivity contribution in [2.75, 3.05) is 33.4 Å². The highest BCUT2D eigenvalue weighted by molar-refractivity contribution is 5.72. The molecule has 2 N–H and O–H groups in total. The molecule has 4 nitrogen and oxygen atoms in total. The van der Waals surface area contributed by atoms with E-state index in [4.69, 9.17) is 4.74 Å². The molecule has 0 unspecified atom stereocenters. The number of hydrogen-bond acceptors (Lipinski definition) is 3. The Morgan fingerprint density at radius 2 is 1.42 bits per heavy atom. The third-order valence-electron chi connectivity index (χ3n) is 2.46. The van der Waals surface area contributed by atoms with Crippen molar-refractivity contribution in [1.29, 1.82) is 0 Å². The normalized spacial score (nSPS) is 11.6. The van der Waals surface area contributed by atoms with E-state index in [9.17, 15) is 4.79 Å². The van der Waals surface area contributed by atoms with Crippen LogP contribution in [0.1, 0.15) is 48.5 Å². The number of nitrogens with one attached hydrogen (secondary N) is 2. The minimum Gasteiger partial charge on any atom is -0.380 e. The van der Waals surface area contributed by atoms with E-state index >= 15 is 0 Å². The summed E-state index contributed by atoms with van der Waals surface area (Å²) in [6.07, 6.45) is 0. The van der Waals surface area contributed by atoms with E-state index in [2.05, 4.69) is 38.3 Å². The summed E-state index contributed by atoms with van der Waals surface area (Å²) in [7, 11) is 1.95. The van der Waals surface area contributed by atoms with Crippen molar-refractivity contribution in [2.45, 2.75) is 48.5 Å². The van der Waals surface area contributed by atoms with E-state index in [0.29, 0.717) is 13.2 Å². The molecule has 0 aliphatic rings. The molecule has 0 atom stereocenters. The van der Waals surface area contributed by atoms with Crippen molar-refractivity contribution in [2.24, 2.45) is 10.8 Å². The predicted molar refractivity (Wildman–Crippen MR) is 82.3 cm³/mol. The first-order valence-corrected chi connectivity index (χ1v) is 7.15. The Hall–Kier alpha value is -0.610. The highest BCUT2D eigenvalue weighted by Gasteiger charge is 2.22. The molecule has 0 bridgehead atoms. The van der Waals surface area contributed by atoms with Gasteiger partial charge in [0.15, 0.2) is 0 Å². The van der Waals surface area contributed by atoms with Gasteiger partial charge in [-0.1, -0.05) is 41.5 Å². The minimum atomic E-state index is -0.0264. The van der Waals surface area contributed by atoms with Gasteiger partial charge < -0.3 is 15.4 Å². The van der Waals surface area contributed by atoms with Crippen molar-refractivity contribution in [3.8, 4) is 0 Å². The zero-order chi connectivity index (χ0) is 15.5. The van der Waals surface area contributed by atoms with Crippen LogP contribution in [0, 0.1) is 10.8 Å². The lowest BCUT2D eigenvalue weighted by Crippen LogP contribution is -2.37. The van der Waals surface area contributed by atoms with Crippen LogP contribution < -0.4 is 10.6 Å².